The third-order valence-electron chi connectivity index (χ3n) is 5.78. The molecule has 1 atom stereocenters. The fraction of sp³-hybridized carbons (Fsp3) is 0.280. The molecule has 1 aromatic heterocycles. The van der Waals surface area contributed by atoms with Crippen LogP contribution in [-0.2, 0) is 11.3 Å². The van der Waals surface area contributed by atoms with E-state index >= 15 is 0 Å². The van der Waals surface area contributed by atoms with E-state index in [4.69, 9.17) is 10.5 Å². The van der Waals surface area contributed by atoms with Gasteiger partial charge in [-0.15, -0.1) is 0 Å². The van der Waals surface area contributed by atoms with Crippen molar-refractivity contribution in [1.29, 1.82) is 0 Å². The number of ether oxygens (including phenoxy) is 1. The summed E-state index contributed by atoms with van der Waals surface area (Å²) in [6.45, 7) is 3.22. The van der Waals surface area contributed by atoms with Crippen LogP contribution < -0.4 is 15.4 Å². The number of likely N-dealkylation sites (N-methyl/N-ethyl adjacent to an activating group) is 1. The molecule has 1 fully saturated rings. The lowest BCUT2D eigenvalue weighted by Gasteiger charge is -2.38. The topological polar surface area (TPSA) is 91.9 Å². The monoisotopic (exact) mass is 468 g/mol. The van der Waals surface area contributed by atoms with Crippen LogP contribution >= 0.6 is 0 Å². The van der Waals surface area contributed by atoms with Crippen LogP contribution in [0.25, 0.3) is 11.1 Å². The Balaban J connectivity index is 1.68. The van der Waals surface area contributed by atoms with Gasteiger partial charge in [-0.2, -0.15) is 4.98 Å². The highest BCUT2D eigenvalue weighted by molar-refractivity contribution is 5.78. The second-order valence-electron chi connectivity index (χ2n) is 8.43. The first kappa shape index (κ1) is 23.6. The molecule has 3 N–H and O–H groups in total. The van der Waals surface area contributed by atoms with Crippen LogP contribution in [0.5, 0.6) is 11.6 Å². The summed E-state index contributed by atoms with van der Waals surface area (Å²) in [6.07, 6.45) is 0. The van der Waals surface area contributed by atoms with E-state index in [0.29, 0.717) is 24.9 Å². The molecule has 178 valence electrons. The van der Waals surface area contributed by atoms with Gasteiger partial charge < -0.3 is 25.4 Å². The predicted octanol–water partition coefficient (Wildman–Crippen LogP) is 3.79. The van der Waals surface area contributed by atoms with Crippen LogP contribution in [0.3, 0.4) is 0 Å². The summed E-state index contributed by atoms with van der Waals surface area (Å²) in [5.74, 6) is -3.38. The fourth-order valence-electron chi connectivity index (χ4n) is 4.06. The molecule has 0 amide bonds. The van der Waals surface area contributed by atoms with Crippen molar-refractivity contribution in [3.05, 3.63) is 71.3 Å². The van der Waals surface area contributed by atoms with E-state index in [1.807, 2.05) is 42.2 Å². The quantitative estimate of drug-likeness (QED) is 0.569. The first-order valence-corrected chi connectivity index (χ1v) is 10.9. The second kappa shape index (κ2) is 9.74. The molecular formula is C25H26F2N4O3. The number of carboxylic acid groups (broad SMARTS) is 1. The first-order valence-electron chi connectivity index (χ1n) is 10.9. The Kier molecular flexibility index (Phi) is 6.76. The summed E-state index contributed by atoms with van der Waals surface area (Å²) in [4.78, 5) is 19.0. The Labute approximate surface area is 196 Å². The summed E-state index contributed by atoms with van der Waals surface area (Å²) in [6, 6.07) is 12.8. The number of hydrogen-bond donors (Lipinski definition) is 2. The molecule has 1 aliphatic heterocycles. The molecule has 9 heteroatoms. The minimum absolute atomic E-state index is 0.188. The zero-order valence-corrected chi connectivity index (χ0v) is 19.0. The Hall–Kier alpha value is -3.56. The molecule has 4 rings (SSSR count). The Morgan fingerprint density at radius 3 is 2.68 bits per heavy atom. The van der Waals surface area contributed by atoms with E-state index in [2.05, 4.69) is 4.98 Å². The highest BCUT2D eigenvalue weighted by atomic mass is 19.1. The zero-order valence-electron chi connectivity index (χ0n) is 19.0. The molecule has 1 unspecified atom stereocenters. The van der Waals surface area contributed by atoms with Crippen LogP contribution in [0, 0.1) is 18.6 Å². The fourth-order valence-corrected chi connectivity index (χ4v) is 4.06. The van der Waals surface area contributed by atoms with Gasteiger partial charge in [0.15, 0.2) is 17.5 Å². The van der Waals surface area contributed by atoms with E-state index in [1.165, 1.54) is 4.90 Å². The number of anilines is 1. The lowest BCUT2D eigenvalue weighted by atomic mass is 10.0. The van der Waals surface area contributed by atoms with Crippen molar-refractivity contribution >= 4 is 11.8 Å². The summed E-state index contributed by atoms with van der Waals surface area (Å²) in [5, 5.41) is 9.61. The van der Waals surface area contributed by atoms with Crippen molar-refractivity contribution in [2.24, 2.45) is 5.73 Å². The molecule has 3 aromatic rings. The number of aryl methyl sites for hydroxylation is 1. The Morgan fingerprint density at radius 2 is 1.94 bits per heavy atom. The van der Waals surface area contributed by atoms with Gasteiger partial charge in [0.1, 0.15) is 11.8 Å². The van der Waals surface area contributed by atoms with E-state index in [-0.39, 0.29) is 18.9 Å². The van der Waals surface area contributed by atoms with Crippen molar-refractivity contribution < 1.29 is 23.4 Å². The number of nitrogens with two attached hydrogens (primary N) is 1. The number of hydrogen-bond acceptors (Lipinski definition) is 6. The number of pyridine rings is 1. The molecule has 34 heavy (non-hydrogen) atoms. The highest BCUT2D eigenvalue weighted by Crippen LogP contribution is 2.32. The van der Waals surface area contributed by atoms with E-state index in [9.17, 15) is 18.7 Å². The summed E-state index contributed by atoms with van der Waals surface area (Å²) in [5.41, 5.74) is 9.36. The van der Waals surface area contributed by atoms with Gasteiger partial charge in [0.25, 0.3) is 5.88 Å². The molecule has 1 aliphatic rings. The van der Waals surface area contributed by atoms with E-state index in [1.54, 1.807) is 19.2 Å². The minimum atomic E-state index is -1.11. The van der Waals surface area contributed by atoms with Crippen LogP contribution in [0.4, 0.5) is 14.6 Å². The molecule has 2 heterocycles. The van der Waals surface area contributed by atoms with E-state index < -0.39 is 29.5 Å². The number of benzene rings is 2. The van der Waals surface area contributed by atoms with Gasteiger partial charge in [0.2, 0.25) is 0 Å². The van der Waals surface area contributed by atoms with Crippen molar-refractivity contribution in [2.45, 2.75) is 19.5 Å². The normalized spacial score (nSPS) is 16.5. The summed E-state index contributed by atoms with van der Waals surface area (Å²) >= 11 is 0. The summed E-state index contributed by atoms with van der Waals surface area (Å²) < 4.78 is 35.1. The van der Waals surface area contributed by atoms with Gasteiger partial charge in [-0.25, -0.2) is 13.6 Å². The van der Waals surface area contributed by atoms with Crippen molar-refractivity contribution in [2.75, 3.05) is 31.6 Å². The van der Waals surface area contributed by atoms with Crippen LogP contribution in [0.1, 0.15) is 11.1 Å². The van der Waals surface area contributed by atoms with Gasteiger partial charge in [0, 0.05) is 32.2 Å². The molecule has 2 aromatic carbocycles. The van der Waals surface area contributed by atoms with Crippen molar-refractivity contribution in [3.63, 3.8) is 0 Å². The number of rotatable bonds is 6. The van der Waals surface area contributed by atoms with Crippen molar-refractivity contribution in [3.8, 4) is 22.8 Å². The molecule has 0 radical (unpaired) electrons. The lowest BCUT2D eigenvalue weighted by Crippen LogP contribution is -2.56. The lowest BCUT2D eigenvalue weighted by molar-refractivity contribution is -0.139. The predicted molar refractivity (Wildman–Crippen MR) is 125 cm³/mol. The van der Waals surface area contributed by atoms with Gasteiger partial charge in [-0.05, 0) is 54.4 Å². The molecule has 0 spiro atoms. The number of carbonyl (C=O) groups is 1. The minimum Gasteiger partial charge on any atom is -0.480 e. The molecule has 7 nitrogen and oxygen atoms in total. The van der Waals surface area contributed by atoms with Crippen molar-refractivity contribution in [1.82, 2.24) is 9.88 Å². The van der Waals surface area contributed by atoms with Gasteiger partial charge in [-0.3, -0.25) is 0 Å². The third-order valence-corrected chi connectivity index (χ3v) is 5.78. The molecule has 0 bridgehead atoms. The molecule has 1 saturated heterocycles. The number of aromatic nitrogens is 1. The molecular weight excluding hydrogens is 442 g/mol. The van der Waals surface area contributed by atoms with Crippen LogP contribution in [0.2, 0.25) is 0 Å². The summed E-state index contributed by atoms with van der Waals surface area (Å²) in [7, 11) is 1.79. The highest BCUT2D eigenvalue weighted by Gasteiger charge is 2.34. The Bertz CT molecular complexity index is 1220. The first-order chi connectivity index (χ1) is 16.2. The van der Waals surface area contributed by atoms with E-state index in [0.717, 1.165) is 22.3 Å². The van der Waals surface area contributed by atoms with Crippen LogP contribution in [0.15, 0.2) is 48.5 Å². The van der Waals surface area contributed by atoms with Gasteiger partial charge in [0.05, 0.1) is 0 Å². The number of piperazine rings is 1. The molecule has 0 aliphatic carbocycles. The zero-order chi connectivity index (χ0) is 24.4. The number of carboxylic acids is 1. The van der Waals surface area contributed by atoms with Gasteiger partial charge in [-0.1, -0.05) is 24.3 Å². The average molecular weight is 469 g/mol. The molecule has 0 saturated carbocycles. The number of halogens is 2. The average Bonchev–Trinajstić information content (AvgIpc) is 2.80. The van der Waals surface area contributed by atoms with Crippen LogP contribution in [-0.4, -0.2) is 53.7 Å². The maximum Gasteiger partial charge on any atom is 0.327 e. The Morgan fingerprint density at radius 1 is 1.15 bits per heavy atom. The van der Waals surface area contributed by atoms with Gasteiger partial charge >= 0.3 is 5.97 Å². The maximum atomic E-state index is 14.7. The third kappa shape index (κ3) is 5.00. The largest absolute Gasteiger partial charge is 0.480 e. The smallest absolute Gasteiger partial charge is 0.327 e. The SMILES string of the molecule is Cc1cc(Oc2nc(N3CCN(C)CC3C(=O)O)c(F)cc2F)cc(-c2cccc(CN)c2)c1. The number of aliphatic carboxylic acids is 1. The maximum absolute atomic E-state index is 14.7. The standard InChI is InChI=1S/C25H26F2N4O3/c1-15-8-18(17-5-3-4-16(10-17)13-28)11-19(9-15)34-24-21(27)12-20(26)23(29-24)31-7-6-30(2)14-22(31)25(32)33/h3-5,8-12,22H,6-7,13-14,28H2,1-2H3,(H,32,33). The number of nitrogens with zero attached hydrogens (tertiary/aromatic N) is 3. The second-order valence-corrected chi connectivity index (χ2v) is 8.43.